The van der Waals surface area contributed by atoms with Gasteiger partial charge in [-0.25, -0.2) is 4.39 Å². The van der Waals surface area contributed by atoms with Crippen LogP contribution in [0, 0.1) is 11.7 Å². The lowest BCUT2D eigenvalue weighted by Crippen LogP contribution is -2.55. The maximum Gasteiger partial charge on any atom is 0.416 e. The molecule has 1 saturated carbocycles. The molecule has 1 aliphatic rings. The maximum atomic E-state index is 14.7. The van der Waals surface area contributed by atoms with E-state index >= 15 is 0 Å². The van der Waals surface area contributed by atoms with Gasteiger partial charge in [-0.3, -0.25) is 19.6 Å². The average Bonchev–Trinajstić information content (AvgIpc) is 3.28. The summed E-state index contributed by atoms with van der Waals surface area (Å²) >= 11 is 0. The first-order valence-electron chi connectivity index (χ1n) is 9.40. The van der Waals surface area contributed by atoms with Gasteiger partial charge in [0.15, 0.2) is 0 Å². The third-order valence-corrected chi connectivity index (χ3v) is 4.60. The Labute approximate surface area is 170 Å². The fraction of sp³-hybridized carbons (Fsp3) is 0.450. The van der Waals surface area contributed by atoms with Crippen molar-refractivity contribution in [1.82, 2.24) is 15.5 Å². The van der Waals surface area contributed by atoms with Crippen molar-refractivity contribution in [2.75, 3.05) is 4.90 Å². The Bertz CT molecular complexity index is 931. The van der Waals surface area contributed by atoms with Crippen molar-refractivity contribution >= 4 is 17.5 Å². The first kappa shape index (κ1) is 21.8. The summed E-state index contributed by atoms with van der Waals surface area (Å²) in [7, 11) is 0. The predicted molar refractivity (Wildman–Crippen MR) is 101 cm³/mol. The van der Waals surface area contributed by atoms with Crippen LogP contribution in [0.2, 0.25) is 0 Å². The van der Waals surface area contributed by atoms with E-state index in [9.17, 15) is 27.2 Å². The zero-order chi connectivity index (χ0) is 22.3. The van der Waals surface area contributed by atoms with Gasteiger partial charge in [-0.05, 0) is 63.8 Å². The van der Waals surface area contributed by atoms with Crippen molar-refractivity contribution in [3.05, 3.63) is 47.5 Å². The van der Waals surface area contributed by atoms with Crippen LogP contribution >= 0.6 is 0 Å². The number of rotatable bonds is 5. The van der Waals surface area contributed by atoms with E-state index in [4.69, 9.17) is 0 Å². The number of aromatic amines is 1. The van der Waals surface area contributed by atoms with Gasteiger partial charge in [-0.1, -0.05) is 0 Å². The largest absolute Gasteiger partial charge is 0.416 e. The monoisotopic (exact) mass is 426 g/mol. The molecule has 162 valence electrons. The van der Waals surface area contributed by atoms with Gasteiger partial charge in [0.05, 0.1) is 11.3 Å². The molecule has 2 aromatic rings. The topological polar surface area (TPSA) is 78.1 Å². The highest BCUT2D eigenvalue weighted by Crippen LogP contribution is 2.40. The number of nitrogens with one attached hydrogen (secondary N) is 2. The van der Waals surface area contributed by atoms with Gasteiger partial charge < -0.3 is 5.32 Å². The number of halogens is 4. The summed E-state index contributed by atoms with van der Waals surface area (Å²) in [5.41, 5.74) is -2.45. The van der Waals surface area contributed by atoms with E-state index < -0.39 is 46.6 Å². The normalized spacial score (nSPS) is 15.6. The number of H-pyrrole nitrogens is 1. The van der Waals surface area contributed by atoms with Gasteiger partial charge in [0.1, 0.15) is 17.6 Å². The van der Waals surface area contributed by atoms with Crippen LogP contribution in [-0.4, -0.2) is 33.6 Å². The van der Waals surface area contributed by atoms with E-state index in [1.165, 1.54) is 12.3 Å². The molecule has 0 aliphatic heterocycles. The molecule has 0 saturated heterocycles. The van der Waals surface area contributed by atoms with E-state index in [2.05, 4.69) is 15.5 Å². The Kier molecular flexibility index (Phi) is 5.62. The van der Waals surface area contributed by atoms with Gasteiger partial charge in [0.25, 0.3) is 5.91 Å². The second-order valence-corrected chi connectivity index (χ2v) is 8.33. The number of anilines is 1. The molecule has 3 rings (SSSR count). The van der Waals surface area contributed by atoms with Crippen LogP contribution in [0.15, 0.2) is 30.5 Å². The Morgan fingerprint density at radius 2 is 1.87 bits per heavy atom. The zero-order valence-corrected chi connectivity index (χ0v) is 16.7. The smallest absolute Gasteiger partial charge is 0.350 e. The first-order valence-corrected chi connectivity index (χ1v) is 9.40. The molecule has 30 heavy (non-hydrogen) atoms. The lowest BCUT2D eigenvalue weighted by molar-refractivity contribution is -0.137. The van der Waals surface area contributed by atoms with E-state index in [0.29, 0.717) is 31.0 Å². The van der Waals surface area contributed by atoms with Crippen LogP contribution in [-0.2, 0) is 11.0 Å². The van der Waals surface area contributed by atoms with E-state index in [-0.39, 0.29) is 11.6 Å². The summed E-state index contributed by atoms with van der Waals surface area (Å²) in [4.78, 5) is 27.1. The molecule has 1 heterocycles. The molecule has 6 nitrogen and oxygen atoms in total. The summed E-state index contributed by atoms with van der Waals surface area (Å²) in [6, 6.07) is 1.95. The van der Waals surface area contributed by atoms with E-state index in [1.54, 1.807) is 20.8 Å². The number of alkyl halides is 3. The molecule has 1 unspecified atom stereocenters. The molecule has 1 fully saturated rings. The quantitative estimate of drug-likeness (QED) is 0.712. The Hall–Kier alpha value is -2.91. The van der Waals surface area contributed by atoms with Crippen molar-refractivity contribution in [2.24, 2.45) is 5.92 Å². The van der Waals surface area contributed by atoms with Gasteiger partial charge in [0.2, 0.25) is 5.91 Å². The number of aromatic nitrogens is 2. The molecule has 1 atom stereocenters. The molecule has 0 radical (unpaired) electrons. The molecule has 0 spiro atoms. The van der Waals surface area contributed by atoms with Crippen LogP contribution in [0.3, 0.4) is 0 Å². The SMILES string of the molecule is CC(C)(C)NC(=O)C(C1CC1)N(C(=O)c1ccn[nH]1)c1cc(C(F)(F)F)ccc1F. The molecule has 1 aromatic heterocycles. The Morgan fingerprint density at radius 3 is 2.37 bits per heavy atom. The number of nitrogens with zero attached hydrogens (tertiary/aromatic N) is 2. The molecule has 2 N–H and O–H groups in total. The highest BCUT2D eigenvalue weighted by molar-refractivity contribution is 6.09. The van der Waals surface area contributed by atoms with Crippen LogP contribution < -0.4 is 10.2 Å². The van der Waals surface area contributed by atoms with Crippen molar-refractivity contribution < 1.29 is 27.2 Å². The summed E-state index contributed by atoms with van der Waals surface area (Å²) in [5.74, 6) is -2.74. The van der Waals surface area contributed by atoms with Crippen molar-refractivity contribution in [2.45, 2.75) is 51.4 Å². The van der Waals surface area contributed by atoms with Gasteiger partial charge in [0, 0.05) is 11.7 Å². The van der Waals surface area contributed by atoms with Gasteiger partial charge in [-0.15, -0.1) is 0 Å². The fourth-order valence-corrected chi connectivity index (χ4v) is 3.16. The van der Waals surface area contributed by atoms with Gasteiger partial charge >= 0.3 is 6.18 Å². The molecule has 1 aliphatic carbocycles. The molecular formula is C20H22F4N4O2. The summed E-state index contributed by atoms with van der Waals surface area (Å²) in [6.45, 7) is 5.21. The number of benzene rings is 1. The second-order valence-electron chi connectivity index (χ2n) is 8.33. The number of hydrogen-bond acceptors (Lipinski definition) is 3. The standard InChI is InChI=1S/C20H22F4N4O2/c1-19(2,3)26-17(29)16(11-4-5-11)28(18(30)14-8-9-25-27-14)15-10-12(20(22,23)24)6-7-13(15)21/h6-11,16H,4-5H2,1-3H3,(H,25,27)(H,26,29). The number of carbonyl (C=O) groups is 2. The summed E-state index contributed by atoms with van der Waals surface area (Å²) < 4.78 is 54.5. The third kappa shape index (κ3) is 4.80. The third-order valence-electron chi connectivity index (χ3n) is 4.60. The highest BCUT2D eigenvalue weighted by atomic mass is 19.4. The minimum absolute atomic E-state index is 0.0685. The number of amides is 2. The van der Waals surface area contributed by atoms with Crippen molar-refractivity contribution in [1.29, 1.82) is 0 Å². The Morgan fingerprint density at radius 1 is 1.20 bits per heavy atom. The van der Waals surface area contributed by atoms with Crippen LogP contribution in [0.5, 0.6) is 0 Å². The summed E-state index contributed by atoms with van der Waals surface area (Å²) in [6.07, 6.45) is -2.27. The number of hydrogen-bond donors (Lipinski definition) is 2. The second kappa shape index (κ2) is 7.73. The molecule has 0 bridgehead atoms. The van der Waals surface area contributed by atoms with Crippen molar-refractivity contribution in [3.8, 4) is 0 Å². The van der Waals surface area contributed by atoms with E-state index in [1.807, 2.05) is 0 Å². The lowest BCUT2D eigenvalue weighted by atomic mass is 10.0. The minimum Gasteiger partial charge on any atom is -0.350 e. The first-order chi connectivity index (χ1) is 13.9. The van der Waals surface area contributed by atoms with Gasteiger partial charge in [-0.2, -0.15) is 18.3 Å². The fourth-order valence-electron chi connectivity index (χ4n) is 3.16. The van der Waals surface area contributed by atoms with Crippen LogP contribution in [0.1, 0.15) is 49.7 Å². The van der Waals surface area contributed by atoms with Crippen molar-refractivity contribution in [3.63, 3.8) is 0 Å². The zero-order valence-electron chi connectivity index (χ0n) is 16.7. The molecule has 1 aromatic carbocycles. The number of carbonyl (C=O) groups excluding carboxylic acids is 2. The maximum absolute atomic E-state index is 14.7. The highest BCUT2D eigenvalue weighted by Gasteiger charge is 2.45. The van der Waals surface area contributed by atoms with E-state index in [0.717, 1.165) is 4.90 Å². The van der Waals surface area contributed by atoms with Crippen LogP contribution in [0.25, 0.3) is 0 Å². The van der Waals surface area contributed by atoms with Crippen LogP contribution in [0.4, 0.5) is 23.2 Å². The predicted octanol–water partition coefficient (Wildman–Crippen LogP) is 3.91. The minimum atomic E-state index is -4.74. The summed E-state index contributed by atoms with van der Waals surface area (Å²) in [5, 5.41) is 8.86. The lowest BCUT2D eigenvalue weighted by Gasteiger charge is -2.33. The molecule has 10 heteroatoms. The molecular weight excluding hydrogens is 404 g/mol. The average molecular weight is 426 g/mol. The Balaban J connectivity index is 2.14. The molecule has 2 amide bonds.